The van der Waals surface area contributed by atoms with Crippen molar-refractivity contribution in [2.24, 2.45) is 5.92 Å². The summed E-state index contributed by atoms with van der Waals surface area (Å²) in [5, 5.41) is 9.56. The number of carboxylic acid groups (broad SMARTS) is 1. The van der Waals surface area contributed by atoms with Crippen LogP contribution in [0.15, 0.2) is 0 Å². The fourth-order valence-corrected chi connectivity index (χ4v) is 2.58. The van der Waals surface area contributed by atoms with Crippen LogP contribution in [0.2, 0.25) is 0 Å². The molecule has 1 aliphatic carbocycles. The van der Waals surface area contributed by atoms with Gasteiger partial charge in [-0.05, 0) is 18.8 Å². The highest BCUT2D eigenvalue weighted by molar-refractivity contribution is 5.80. The summed E-state index contributed by atoms with van der Waals surface area (Å²) in [4.78, 5) is 13.7. The summed E-state index contributed by atoms with van der Waals surface area (Å²) in [6.45, 7) is 2.88. The lowest BCUT2D eigenvalue weighted by Crippen LogP contribution is -2.62. The first-order valence-electron chi connectivity index (χ1n) is 5.77. The summed E-state index contributed by atoms with van der Waals surface area (Å²) in [7, 11) is 1.57. The molecule has 1 heterocycles. The van der Waals surface area contributed by atoms with Gasteiger partial charge in [0.1, 0.15) is 5.54 Å². The van der Waals surface area contributed by atoms with E-state index in [4.69, 9.17) is 9.47 Å². The molecule has 1 saturated carbocycles. The molecular weight excluding hydrogens is 210 g/mol. The SMILES string of the molecule is COCC(C(=O)O)(C1CC1)N1CCOCC1. The Morgan fingerprint density at radius 1 is 1.50 bits per heavy atom. The second-order valence-corrected chi connectivity index (χ2v) is 4.54. The van der Waals surface area contributed by atoms with Gasteiger partial charge in [0.15, 0.2) is 0 Å². The zero-order valence-electron chi connectivity index (χ0n) is 9.65. The van der Waals surface area contributed by atoms with E-state index in [1.54, 1.807) is 7.11 Å². The lowest BCUT2D eigenvalue weighted by molar-refractivity contribution is -0.162. The van der Waals surface area contributed by atoms with E-state index in [-0.39, 0.29) is 12.5 Å². The van der Waals surface area contributed by atoms with Crippen LogP contribution >= 0.6 is 0 Å². The minimum atomic E-state index is -0.821. The van der Waals surface area contributed by atoms with Gasteiger partial charge in [0.2, 0.25) is 0 Å². The van der Waals surface area contributed by atoms with E-state index in [9.17, 15) is 9.90 Å². The van der Waals surface area contributed by atoms with Crippen molar-refractivity contribution in [3.8, 4) is 0 Å². The van der Waals surface area contributed by atoms with Gasteiger partial charge in [0, 0.05) is 20.2 Å². The summed E-state index contributed by atoms with van der Waals surface area (Å²) in [6, 6.07) is 0. The van der Waals surface area contributed by atoms with E-state index < -0.39 is 11.5 Å². The third-order valence-electron chi connectivity index (χ3n) is 3.56. The lowest BCUT2D eigenvalue weighted by atomic mass is 9.91. The quantitative estimate of drug-likeness (QED) is 0.729. The van der Waals surface area contributed by atoms with E-state index in [0.29, 0.717) is 26.3 Å². The third kappa shape index (κ3) is 1.95. The van der Waals surface area contributed by atoms with Gasteiger partial charge in [-0.2, -0.15) is 0 Å². The van der Waals surface area contributed by atoms with E-state index >= 15 is 0 Å². The average Bonchev–Trinajstić information content (AvgIpc) is 3.11. The molecule has 2 rings (SSSR count). The molecule has 0 radical (unpaired) electrons. The van der Waals surface area contributed by atoms with Crippen LogP contribution in [-0.4, -0.2) is 61.5 Å². The minimum Gasteiger partial charge on any atom is -0.480 e. The number of hydrogen-bond donors (Lipinski definition) is 1. The smallest absolute Gasteiger partial charge is 0.326 e. The van der Waals surface area contributed by atoms with Gasteiger partial charge in [-0.1, -0.05) is 0 Å². The van der Waals surface area contributed by atoms with Crippen molar-refractivity contribution in [3.63, 3.8) is 0 Å². The monoisotopic (exact) mass is 229 g/mol. The van der Waals surface area contributed by atoms with Crippen LogP contribution in [0.25, 0.3) is 0 Å². The van der Waals surface area contributed by atoms with Crippen molar-refractivity contribution in [2.75, 3.05) is 40.0 Å². The number of aliphatic carboxylic acids is 1. The number of nitrogens with zero attached hydrogens (tertiary/aromatic N) is 1. The first-order chi connectivity index (χ1) is 7.71. The first-order valence-corrected chi connectivity index (χ1v) is 5.77. The Morgan fingerprint density at radius 3 is 2.56 bits per heavy atom. The molecule has 0 spiro atoms. The Kier molecular flexibility index (Phi) is 3.47. The highest BCUT2D eigenvalue weighted by Gasteiger charge is 2.55. The fraction of sp³-hybridized carbons (Fsp3) is 0.909. The van der Waals surface area contributed by atoms with E-state index in [0.717, 1.165) is 12.8 Å². The molecule has 5 nitrogen and oxygen atoms in total. The second kappa shape index (κ2) is 4.69. The van der Waals surface area contributed by atoms with E-state index in [1.807, 2.05) is 4.90 Å². The summed E-state index contributed by atoms with van der Waals surface area (Å²) in [5.41, 5.74) is -0.821. The van der Waals surface area contributed by atoms with Crippen molar-refractivity contribution >= 4 is 5.97 Å². The molecule has 2 aliphatic rings. The normalized spacial score (nSPS) is 26.3. The molecule has 1 aliphatic heterocycles. The van der Waals surface area contributed by atoms with Crippen LogP contribution in [-0.2, 0) is 14.3 Å². The number of methoxy groups -OCH3 is 1. The van der Waals surface area contributed by atoms with Crippen LogP contribution in [0.5, 0.6) is 0 Å². The summed E-state index contributed by atoms with van der Waals surface area (Å²) < 4.78 is 10.4. The molecule has 0 aromatic heterocycles. The standard InChI is InChI=1S/C11H19NO4/c1-15-8-11(10(13)14,9-2-3-9)12-4-6-16-7-5-12/h9H,2-8H2,1H3,(H,13,14). The topological polar surface area (TPSA) is 59.0 Å². The second-order valence-electron chi connectivity index (χ2n) is 4.54. The van der Waals surface area contributed by atoms with Gasteiger partial charge in [0.05, 0.1) is 19.8 Å². The maximum atomic E-state index is 11.6. The number of ether oxygens (including phenoxy) is 2. The van der Waals surface area contributed by atoms with Gasteiger partial charge in [-0.3, -0.25) is 9.69 Å². The summed E-state index contributed by atoms with van der Waals surface area (Å²) in [6.07, 6.45) is 1.99. The zero-order valence-corrected chi connectivity index (χ0v) is 9.65. The number of carbonyl (C=O) groups is 1. The first kappa shape index (κ1) is 11.8. The molecule has 0 amide bonds. The van der Waals surface area contributed by atoms with E-state index in [1.165, 1.54) is 0 Å². The van der Waals surface area contributed by atoms with Crippen LogP contribution in [0.1, 0.15) is 12.8 Å². The van der Waals surface area contributed by atoms with Crippen molar-refractivity contribution in [1.82, 2.24) is 4.90 Å². The Hall–Kier alpha value is -0.650. The summed E-state index contributed by atoms with van der Waals surface area (Å²) in [5.74, 6) is -0.512. The molecule has 1 atom stereocenters. The van der Waals surface area contributed by atoms with Crippen LogP contribution in [0, 0.1) is 5.92 Å². The molecule has 1 unspecified atom stereocenters. The van der Waals surface area contributed by atoms with Gasteiger partial charge < -0.3 is 14.6 Å². The molecule has 2 fully saturated rings. The Morgan fingerprint density at radius 2 is 2.12 bits per heavy atom. The van der Waals surface area contributed by atoms with Crippen molar-refractivity contribution in [2.45, 2.75) is 18.4 Å². The van der Waals surface area contributed by atoms with Gasteiger partial charge in [-0.15, -0.1) is 0 Å². The van der Waals surface area contributed by atoms with Gasteiger partial charge >= 0.3 is 5.97 Å². The lowest BCUT2D eigenvalue weighted by Gasteiger charge is -2.42. The number of carboxylic acids is 1. The minimum absolute atomic E-state index is 0.239. The molecular formula is C11H19NO4. The highest BCUT2D eigenvalue weighted by Crippen LogP contribution is 2.44. The molecule has 0 bridgehead atoms. The van der Waals surface area contributed by atoms with E-state index in [2.05, 4.69) is 0 Å². The van der Waals surface area contributed by atoms with Crippen molar-refractivity contribution < 1.29 is 19.4 Å². The van der Waals surface area contributed by atoms with Crippen LogP contribution in [0.4, 0.5) is 0 Å². The van der Waals surface area contributed by atoms with Crippen molar-refractivity contribution in [1.29, 1.82) is 0 Å². The molecule has 5 heteroatoms. The van der Waals surface area contributed by atoms with Gasteiger partial charge in [-0.25, -0.2) is 0 Å². The maximum absolute atomic E-state index is 11.6. The number of rotatable bonds is 5. The zero-order chi connectivity index (χ0) is 11.6. The molecule has 0 aromatic carbocycles. The Bertz CT molecular complexity index is 261. The molecule has 1 saturated heterocycles. The number of hydrogen-bond acceptors (Lipinski definition) is 4. The summed E-state index contributed by atoms with van der Waals surface area (Å²) >= 11 is 0. The molecule has 92 valence electrons. The largest absolute Gasteiger partial charge is 0.480 e. The third-order valence-corrected chi connectivity index (χ3v) is 3.56. The molecule has 16 heavy (non-hydrogen) atoms. The molecule has 1 N–H and O–H groups in total. The van der Waals surface area contributed by atoms with Crippen LogP contribution in [0.3, 0.4) is 0 Å². The highest BCUT2D eigenvalue weighted by atomic mass is 16.5. The predicted octanol–water partition coefficient (Wildman–Crippen LogP) is 0.198. The Balaban J connectivity index is 2.19. The number of morpholine rings is 1. The van der Waals surface area contributed by atoms with Gasteiger partial charge in [0.25, 0.3) is 0 Å². The predicted molar refractivity (Wildman–Crippen MR) is 57.4 cm³/mol. The average molecular weight is 229 g/mol. The maximum Gasteiger partial charge on any atom is 0.326 e. The van der Waals surface area contributed by atoms with Crippen molar-refractivity contribution in [3.05, 3.63) is 0 Å². The Labute approximate surface area is 95.3 Å². The fourth-order valence-electron chi connectivity index (χ4n) is 2.58. The molecule has 0 aromatic rings. The van der Waals surface area contributed by atoms with Crippen LogP contribution < -0.4 is 0 Å².